The topological polar surface area (TPSA) is 40.5 Å². The fraction of sp³-hybridized carbons (Fsp3) is 0.750. The van der Waals surface area contributed by atoms with Gasteiger partial charge in [-0.1, -0.05) is 42.6 Å². The first-order chi connectivity index (χ1) is 10.8. The minimum absolute atomic E-state index is 0.220. The molecule has 3 heteroatoms. The molecule has 0 bridgehead atoms. The first kappa shape index (κ1) is 21.9. The molecule has 0 aromatic rings. The Hall–Kier alpha value is -1.09. The maximum absolute atomic E-state index is 11.4. The summed E-state index contributed by atoms with van der Waals surface area (Å²) in [6.45, 7) is 7.45. The fourth-order valence-electron chi connectivity index (χ4n) is 2.55. The van der Waals surface area contributed by atoms with Gasteiger partial charge in [-0.15, -0.1) is 0 Å². The Bertz CT molecular complexity index is 379. The number of rotatable bonds is 13. The Balaban J connectivity index is 4.02. The zero-order chi connectivity index (χ0) is 17.7. The van der Waals surface area contributed by atoms with Crippen LogP contribution in [0.1, 0.15) is 72.1 Å². The van der Waals surface area contributed by atoms with Crippen LogP contribution >= 0.6 is 0 Å². The minimum atomic E-state index is -0.647. The third kappa shape index (κ3) is 14.2. The molecule has 0 heterocycles. The molecule has 134 valence electrons. The van der Waals surface area contributed by atoms with Gasteiger partial charge in [0.25, 0.3) is 0 Å². The second-order valence-electron chi connectivity index (χ2n) is 7.15. The minimum Gasteiger partial charge on any atom is -0.481 e. The zero-order valence-electron chi connectivity index (χ0n) is 15.9. The standard InChI is InChI=1S/C20H37NO2/c1-17(2)11-10-12-18(3)14-15-19(20(22)23)13-8-6-7-9-16-21(4)5/h11,14,19H,6-10,12-13,15-16H2,1-5H3,(H,22,23)/b18-14+. The van der Waals surface area contributed by atoms with Crippen molar-refractivity contribution in [3.8, 4) is 0 Å². The van der Waals surface area contributed by atoms with Gasteiger partial charge in [-0.3, -0.25) is 4.79 Å². The van der Waals surface area contributed by atoms with Gasteiger partial charge in [0.05, 0.1) is 5.92 Å². The van der Waals surface area contributed by atoms with Gasteiger partial charge >= 0.3 is 5.97 Å². The van der Waals surface area contributed by atoms with Crippen LogP contribution < -0.4 is 0 Å². The maximum atomic E-state index is 11.4. The second-order valence-corrected chi connectivity index (χ2v) is 7.15. The van der Waals surface area contributed by atoms with Gasteiger partial charge in [-0.2, -0.15) is 0 Å². The number of aliphatic carboxylic acids is 1. The van der Waals surface area contributed by atoms with Crippen LogP contribution in [-0.2, 0) is 4.79 Å². The number of unbranched alkanes of at least 4 members (excludes halogenated alkanes) is 3. The Morgan fingerprint density at radius 3 is 2.26 bits per heavy atom. The number of nitrogens with zero attached hydrogens (tertiary/aromatic N) is 1. The van der Waals surface area contributed by atoms with Gasteiger partial charge in [0, 0.05) is 0 Å². The van der Waals surface area contributed by atoms with Crippen LogP contribution in [-0.4, -0.2) is 36.6 Å². The number of carbonyl (C=O) groups is 1. The molecule has 23 heavy (non-hydrogen) atoms. The van der Waals surface area contributed by atoms with Gasteiger partial charge in [0.15, 0.2) is 0 Å². The van der Waals surface area contributed by atoms with Crippen LogP contribution in [0.3, 0.4) is 0 Å². The van der Waals surface area contributed by atoms with Gasteiger partial charge in [-0.25, -0.2) is 0 Å². The molecule has 0 fully saturated rings. The van der Waals surface area contributed by atoms with E-state index < -0.39 is 5.97 Å². The van der Waals surface area contributed by atoms with Crippen molar-refractivity contribution < 1.29 is 9.90 Å². The highest BCUT2D eigenvalue weighted by Gasteiger charge is 2.15. The summed E-state index contributed by atoms with van der Waals surface area (Å²) in [6.07, 6.45) is 12.5. The fourth-order valence-corrected chi connectivity index (χ4v) is 2.55. The second kappa shape index (κ2) is 13.4. The molecule has 1 atom stereocenters. The summed E-state index contributed by atoms with van der Waals surface area (Å²) in [5.41, 5.74) is 2.65. The van der Waals surface area contributed by atoms with Gasteiger partial charge in [0.2, 0.25) is 0 Å². The molecule has 0 aliphatic carbocycles. The van der Waals surface area contributed by atoms with E-state index in [0.717, 1.165) is 38.6 Å². The normalized spacial score (nSPS) is 13.2. The Labute approximate surface area is 143 Å². The highest BCUT2D eigenvalue weighted by atomic mass is 16.4. The van der Waals surface area contributed by atoms with Crippen molar-refractivity contribution in [2.45, 2.75) is 72.1 Å². The number of hydrogen-bond donors (Lipinski definition) is 1. The smallest absolute Gasteiger partial charge is 0.306 e. The molecule has 0 aliphatic heterocycles. The van der Waals surface area contributed by atoms with E-state index in [0.29, 0.717) is 6.42 Å². The summed E-state index contributed by atoms with van der Waals surface area (Å²) in [5.74, 6) is -0.867. The average molecular weight is 324 g/mol. The number of allylic oxidation sites excluding steroid dienone is 4. The molecular formula is C20H37NO2. The molecule has 0 aliphatic rings. The molecule has 0 saturated heterocycles. The van der Waals surface area contributed by atoms with Gasteiger partial charge < -0.3 is 10.0 Å². The van der Waals surface area contributed by atoms with Crippen molar-refractivity contribution in [3.05, 3.63) is 23.3 Å². The Morgan fingerprint density at radius 1 is 1.04 bits per heavy atom. The summed E-state index contributed by atoms with van der Waals surface area (Å²) in [4.78, 5) is 13.6. The summed E-state index contributed by atoms with van der Waals surface area (Å²) in [7, 11) is 4.18. The Morgan fingerprint density at radius 2 is 1.70 bits per heavy atom. The predicted molar refractivity (Wildman–Crippen MR) is 99.8 cm³/mol. The third-order valence-electron chi connectivity index (χ3n) is 4.10. The van der Waals surface area contributed by atoms with Crippen LogP contribution in [0.4, 0.5) is 0 Å². The lowest BCUT2D eigenvalue weighted by Crippen LogP contribution is -2.13. The van der Waals surface area contributed by atoms with Crippen molar-refractivity contribution in [1.82, 2.24) is 4.90 Å². The summed E-state index contributed by atoms with van der Waals surface area (Å²) >= 11 is 0. The van der Waals surface area contributed by atoms with E-state index in [1.54, 1.807) is 0 Å². The highest BCUT2D eigenvalue weighted by Crippen LogP contribution is 2.18. The number of carboxylic acids is 1. The first-order valence-electron chi connectivity index (χ1n) is 8.99. The average Bonchev–Trinajstić information content (AvgIpc) is 2.44. The van der Waals surface area contributed by atoms with E-state index in [4.69, 9.17) is 0 Å². The van der Waals surface area contributed by atoms with Crippen molar-refractivity contribution >= 4 is 5.97 Å². The van der Waals surface area contributed by atoms with Crippen molar-refractivity contribution in [2.24, 2.45) is 5.92 Å². The highest BCUT2D eigenvalue weighted by molar-refractivity contribution is 5.70. The molecule has 0 rings (SSSR count). The quantitative estimate of drug-likeness (QED) is 0.370. The molecule has 0 aromatic heterocycles. The number of carboxylic acid groups (broad SMARTS) is 1. The number of hydrogen-bond acceptors (Lipinski definition) is 2. The molecule has 1 unspecified atom stereocenters. The van der Waals surface area contributed by atoms with Gasteiger partial charge in [0.1, 0.15) is 0 Å². The lowest BCUT2D eigenvalue weighted by Gasteiger charge is -2.11. The molecule has 3 nitrogen and oxygen atoms in total. The van der Waals surface area contributed by atoms with E-state index in [1.165, 1.54) is 24.0 Å². The van der Waals surface area contributed by atoms with E-state index in [9.17, 15) is 9.90 Å². The Kier molecular flexibility index (Phi) is 12.7. The van der Waals surface area contributed by atoms with Crippen LogP contribution in [0, 0.1) is 5.92 Å². The monoisotopic (exact) mass is 323 g/mol. The van der Waals surface area contributed by atoms with E-state index in [-0.39, 0.29) is 5.92 Å². The van der Waals surface area contributed by atoms with E-state index in [1.807, 2.05) is 0 Å². The lowest BCUT2D eigenvalue weighted by atomic mass is 9.96. The molecule has 0 spiro atoms. The van der Waals surface area contributed by atoms with E-state index >= 15 is 0 Å². The SMILES string of the molecule is CC(C)=CCC/C(C)=C/CC(CCCCCCN(C)C)C(=O)O. The van der Waals surface area contributed by atoms with Crippen molar-refractivity contribution in [3.63, 3.8) is 0 Å². The van der Waals surface area contributed by atoms with E-state index in [2.05, 4.69) is 51.9 Å². The molecule has 0 amide bonds. The summed E-state index contributed by atoms with van der Waals surface area (Å²) in [6, 6.07) is 0. The predicted octanol–water partition coefficient (Wildman–Crippen LogP) is 5.28. The molecule has 0 aromatic carbocycles. The first-order valence-corrected chi connectivity index (χ1v) is 8.99. The molecule has 1 N–H and O–H groups in total. The van der Waals surface area contributed by atoms with Crippen molar-refractivity contribution in [2.75, 3.05) is 20.6 Å². The molecule has 0 saturated carbocycles. The summed E-state index contributed by atoms with van der Waals surface area (Å²) in [5, 5.41) is 9.37. The van der Waals surface area contributed by atoms with Crippen molar-refractivity contribution in [1.29, 1.82) is 0 Å². The molecular weight excluding hydrogens is 286 g/mol. The van der Waals surface area contributed by atoms with Gasteiger partial charge in [-0.05, 0) is 73.5 Å². The van der Waals surface area contributed by atoms with Crippen LogP contribution in [0.15, 0.2) is 23.3 Å². The summed E-state index contributed by atoms with van der Waals surface area (Å²) < 4.78 is 0. The zero-order valence-corrected chi connectivity index (χ0v) is 15.9. The molecule has 0 radical (unpaired) electrons. The van der Waals surface area contributed by atoms with Crippen LogP contribution in [0.2, 0.25) is 0 Å². The largest absolute Gasteiger partial charge is 0.481 e. The maximum Gasteiger partial charge on any atom is 0.306 e. The third-order valence-corrected chi connectivity index (χ3v) is 4.10. The van der Waals surface area contributed by atoms with Crippen LogP contribution in [0.25, 0.3) is 0 Å². The van der Waals surface area contributed by atoms with Crippen LogP contribution in [0.5, 0.6) is 0 Å². The lowest BCUT2D eigenvalue weighted by molar-refractivity contribution is -0.141.